The van der Waals surface area contributed by atoms with Crippen LogP contribution in [0.2, 0.25) is 0 Å². The minimum atomic E-state index is -0.162. The molecule has 1 aromatic rings. The Labute approximate surface area is 76.7 Å². The first kappa shape index (κ1) is 9.30. The van der Waals surface area contributed by atoms with Gasteiger partial charge in [0.15, 0.2) is 0 Å². The normalized spacial score (nSPS) is 8.69. The lowest BCUT2D eigenvalue weighted by molar-refractivity contribution is 0.350. The van der Waals surface area contributed by atoms with Gasteiger partial charge in [0.25, 0.3) is 0 Å². The molecule has 1 aromatic carbocycles. The molecule has 3 heteroatoms. The van der Waals surface area contributed by atoms with Crippen LogP contribution in [0.5, 0.6) is 0 Å². The van der Waals surface area contributed by atoms with Crippen LogP contribution in [-0.4, -0.2) is 17.5 Å². The van der Waals surface area contributed by atoms with Gasteiger partial charge in [0.2, 0.25) is 0 Å². The van der Waals surface area contributed by atoms with E-state index in [1.807, 2.05) is 0 Å². The standard InChI is InChI=1S/C10H10N2O/c11-10(12)9-5-1-3-8(7-9)4-2-6-13/h1,3,5,7,13H,6H2,(H3,11,12). The van der Waals surface area contributed by atoms with Gasteiger partial charge in [-0.05, 0) is 12.1 Å². The second-order valence-electron chi connectivity index (χ2n) is 2.45. The minimum absolute atomic E-state index is 0.0210. The minimum Gasteiger partial charge on any atom is -0.384 e. The van der Waals surface area contributed by atoms with Gasteiger partial charge < -0.3 is 10.8 Å². The van der Waals surface area contributed by atoms with Crippen molar-refractivity contribution in [3.05, 3.63) is 35.4 Å². The largest absolute Gasteiger partial charge is 0.384 e. The number of nitrogens with one attached hydrogen (secondary N) is 1. The maximum absolute atomic E-state index is 8.47. The molecule has 1 rings (SSSR count). The van der Waals surface area contributed by atoms with E-state index in [0.717, 1.165) is 5.56 Å². The molecular weight excluding hydrogens is 164 g/mol. The summed E-state index contributed by atoms with van der Waals surface area (Å²) in [5.74, 6) is 5.28. The Morgan fingerprint density at radius 2 is 2.31 bits per heavy atom. The highest BCUT2D eigenvalue weighted by Gasteiger charge is 1.95. The average Bonchev–Trinajstić information content (AvgIpc) is 2.15. The first-order valence-electron chi connectivity index (χ1n) is 3.78. The van der Waals surface area contributed by atoms with Crippen LogP contribution in [0.4, 0.5) is 0 Å². The lowest BCUT2D eigenvalue weighted by Gasteiger charge is -1.97. The zero-order chi connectivity index (χ0) is 9.68. The van der Waals surface area contributed by atoms with Gasteiger partial charge in [0, 0.05) is 11.1 Å². The van der Waals surface area contributed by atoms with E-state index in [2.05, 4.69) is 11.8 Å². The Kier molecular flexibility index (Phi) is 3.07. The number of nitrogen functional groups attached to an aromatic ring is 1. The van der Waals surface area contributed by atoms with Gasteiger partial charge in [-0.25, -0.2) is 0 Å². The first-order chi connectivity index (χ1) is 6.24. The van der Waals surface area contributed by atoms with E-state index in [1.54, 1.807) is 24.3 Å². The van der Waals surface area contributed by atoms with Crippen LogP contribution in [0.1, 0.15) is 11.1 Å². The molecule has 0 spiro atoms. The summed E-state index contributed by atoms with van der Waals surface area (Å²) in [4.78, 5) is 0. The number of hydrogen-bond donors (Lipinski definition) is 3. The second-order valence-corrected chi connectivity index (χ2v) is 2.45. The molecular formula is C10H10N2O. The number of nitrogens with two attached hydrogens (primary N) is 1. The quantitative estimate of drug-likeness (QED) is 0.326. The molecule has 0 atom stereocenters. The van der Waals surface area contributed by atoms with E-state index < -0.39 is 0 Å². The van der Waals surface area contributed by atoms with Crippen molar-refractivity contribution in [2.75, 3.05) is 6.61 Å². The SMILES string of the molecule is N=C(N)c1cccc(C#CCO)c1. The zero-order valence-corrected chi connectivity index (χ0v) is 7.04. The monoisotopic (exact) mass is 174 g/mol. The Hall–Kier alpha value is -1.79. The highest BCUT2D eigenvalue weighted by atomic mass is 16.2. The fourth-order valence-corrected chi connectivity index (χ4v) is 0.906. The van der Waals surface area contributed by atoms with E-state index in [-0.39, 0.29) is 12.4 Å². The van der Waals surface area contributed by atoms with Gasteiger partial charge in [0.1, 0.15) is 12.4 Å². The topological polar surface area (TPSA) is 70.1 Å². The molecule has 66 valence electrons. The molecule has 0 aliphatic heterocycles. The summed E-state index contributed by atoms with van der Waals surface area (Å²) >= 11 is 0. The molecule has 0 radical (unpaired) electrons. The Morgan fingerprint density at radius 3 is 2.92 bits per heavy atom. The number of aliphatic hydroxyl groups is 1. The molecule has 0 fully saturated rings. The van der Waals surface area contributed by atoms with Crippen LogP contribution in [0.25, 0.3) is 0 Å². The molecule has 0 aliphatic rings. The summed E-state index contributed by atoms with van der Waals surface area (Å²) in [5, 5.41) is 15.7. The maximum atomic E-state index is 8.47. The lowest BCUT2D eigenvalue weighted by Crippen LogP contribution is -2.10. The number of benzene rings is 1. The number of amidine groups is 1. The Balaban J connectivity index is 2.98. The maximum Gasteiger partial charge on any atom is 0.122 e. The van der Waals surface area contributed by atoms with Gasteiger partial charge in [-0.2, -0.15) is 0 Å². The predicted molar refractivity (Wildman–Crippen MR) is 51.4 cm³/mol. The number of hydrogen-bond acceptors (Lipinski definition) is 2. The van der Waals surface area contributed by atoms with Gasteiger partial charge in [0.05, 0.1) is 0 Å². The van der Waals surface area contributed by atoms with E-state index >= 15 is 0 Å². The highest BCUT2D eigenvalue weighted by molar-refractivity contribution is 5.95. The van der Waals surface area contributed by atoms with Crippen LogP contribution in [-0.2, 0) is 0 Å². The molecule has 0 aliphatic carbocycles. The van der Waals surface area contributed by atoms with Gasteiger partial charge >= 0.3 is 0 Å². The number of aliphatic hydroxyl groups excluding tert-OH is 1. The summed E-state index contributed by atoms with van der Waals surface area (Å²) < 4.78 is 0. The van der Waals surface area contributed by atoms with Crippen molar-refractivity contribution in [3.63, 3.8) is 0 Å². The van der Waals surface area contributed by atoms with Crippen LogP contribution < -0.4 is 5.73 Å². The van der Waals surface area contributed by atoms with Crippen LogP contribution in [0.3, 0.4) is 0 Å². The van der Waals surface area contributed by atoms with Crippen molar-refractivity contribution >= 4 is 5.84 Å². The molecule has 4 N–H and O–H groups in total. The summed E-state index contributed by atoms with van der Waals surface area (Å²) in [7, 11) is 0. The van der Waals surface area contributed by atoms with Crippen molar-refractivity contribution in [3.8, 4) is 11.8 Å². The third kappa shape index (κ3) is 2.62. The lowest BCUT2D eigenvalue weighted by atomic mass is 10.1. The average molecular weight is 174 g/mol. The molecule has 0 aromatic heterocycles. The van der Waals surface area contributed by atoms with Crippen molar-refractivity contribution < 1.29 is 5.11 Å². The van der Waals surface area contributed by atoms with Crippen molar-refractivity contribution in [1.29, 1.82) is 5.41 Å². The summed E-state index contributed by atoms with van der Waals surface area (Å²) in [6.45, 7) is -0.162. The van der Waals surface area contributed by atoms with Crippen molar-refractivity contribution in [2.45, 2.75) is 0 Å². The smallest absolute Gasteiger partial charge is 0.122 e. The molecule has 0 amide bonds. The van der Waals surface area contributed by atoms with Crippen LogP contribution >= 0.6 is 0 Å². The highest BCUT2D eigenvalue weighted by Crippen LogP contribution is 2.02. The van der Waals surface area contributed by atoms with Crippen LogP contribution in [0.15, 0.2) is 24.3 Å². The summed E-state index contributed by atoms with van der Waals surface area (Å²) in [6.07, 6.45) is 0. The van der Waals surface area contributed by atoms with Crippen molar-refractivity contribution in [2.24, 2.45) is 5.73 Å². The molecule has 3 nitrogen and oxygen atoms in total. The van der Waals surface area contributed by atoms with Gasteiger partial charge in [-0.15, -0.1) is 0 Å². The molecule has 13 heavy (non-hydrogen) atoms. The molecule has 0 saturated carbocycles. The van der Waals surface area contributed by atoms with E-state index in [4.69, 9.17) is 16.2 Å². The molecule has 0 saturated heterocycles. The zero-order valence-electron chi connectivity index (χ0n) is 7.04. The van der Waals surface area contributed by atoms with Gasteiger partial charge in [-0.3, -0.25) is 5.41 Å². The van der Waals surface area contributed by atoms with Gasteiger partial charge in [-0.1, -0.05) is 24.0 Å². The molecule has 0 bridgehead atoms. The summed E-state index contributed by atoms with van der Waals surface area (Å²) in [5.41, 5.74) is 6.69. The van der Waals surface area contributed by atoms with E-state index in [9.17, 15) is 0 Å². The number of rotatable bonds is 1. The molecule has 0 unspecified atom stereocenters. The van der Waals surface area contributed by atoms with Crippen LogP contribution in [0, 0.1) is 17.3 Å². The molecule has 0 heterocycles. The second kappa shape index (κ2) is 4.29. The fourth-order valence-electron chi connectivity index (χ4n) is 0.906. The van der Waals surface area contributed by atoms with Crippen molar-refractivity contribution in [1.82, 2.24) is 0 Å². The third-order valence-electron chi connectivity index (χ3n) is 1.49. The van der Waals surface area contributed by atoms with E-state index in [1.165, 1.54) is 0 Å². The predicted octanol–water partition coefficient (Wildman–Crippen LogP) is 0.314. The summed E-state index contributed by atoms with van der Waals surface area (Å²) in [6, 6.07) is 7.03. The Bertz CT molecular complexity index is 374. The van der Waals surface area contributed by atoms with E-state index in [0.29, 0.717) is 5.56 Å². The third-order valence-corrected chi connectivity index (χ3v) is 1.49. The Morgan fingerprint density at radius 1 is 1.54 bits per heavy atom. The fraction of sp³-hybridized carbons (Fsp3) is 0.100. The first-order valence-corrected chi connectivity index (χ1v) is 3.78.